The summed E-state index contributed by atoms with van der Waals surface area (Å²) in [5.41, 5.74) is 8.76. The number of hydrogen-bond acceptors (Lipinski definition) is 3. The van der Waals surface area contributed by atoms with Crippen LogP contribution in [0, 0.1) is 0 Å². The van der Waals surface area contributed by atoms with E-state index in [0.717, 1.165) is 66.0 Å². The van der Waals surface area contributed by atoms with Gasteiger partial charge in [-0.3, -0.25) is 4.57 Å². The average molecular weight is 677 g/mol. The van der Waals surface area contributed by atoms with Crippen molar-refractivity contribution >= 4 is 87.2 Å². The van der Waals surface area contributed by atoms with Gasteiger partial charge in [0.2, 0.25) is 11.7 Å². The molecule has 0 radical (unpaired) electrons. The van der Waals surface area contributed by atoms with Crippen LogP contribution in [0.5, 0.6) is 0 Å². The summed E-state index contributed by atoms with van der Waals surface area (Å²) >= 11 is 0. The topological polar surface area (TPSA) is 48.8 Å². The lowest BCUT2D eigenvalue weighted by atomic mass is 10.0. The fourth-order valence-corrected chi connectivity index (χ4v) is 8.63. The van der Waals surface area contributed by atoms with E-state index in [2.05, 4.69) is 161 Å². The third-order valence-corrected chi connectivity index (χ3v) is 10.9. The second kappa shape index (κ2) is 10.6. The molecule has 0 spiro atoms. The Labute approximate surface area is 302 Å². The number of hydrogen-bond donors (Lipinski definition) is 0. The van der Waals surface area contributed by atoms with E-state index in [1.807, 2.05) is 18.2 Å². The molecule has 0 fully saturated rings. The van der Waals surface area contributed by atoms with Gasteiger partial charge in [0.15, 0.2) is 0 Å². The highest BCUT2D eigenvalue weighted by atomic mass is 16.3. The van der Waals surface area contributed by atoms with Gasteiger partial charge in [0, 0.05) is 37.9 Å². The molecule has 12 rings (SSSR count). The summed E-state index contributed by atoms with van der Waals surface area (Å²) in [5.74, 6) is 0.568. The molecule has 8 aromatic carbocycles. The molecular weight excluding hydrogens is 649 g/mol. The Kier molecular flexibility index (Phi) is 5.71. The molecule has 12 aromatic rings. The minimum atomic E-state index is 0.566. The van der Waals surface area contributed by atoms with Crippen LogP contribution < -0.4 is 0 Å². The maximum absolute atomic E-state index is 6.52. The lowest BCUT2D eigenvalue weighted by Gasteiger charge is -2.13. The average Bonchev–Trinajstić information content (AvgIpc) is 3.88. The van der Waals surface area contributed by atoms with Crippen molar-refractivity contribution < 1.29 is 4.42 Å². The number of fused-ring (bicyclic) bond motifs is 12. The molecule has 53 heavy (non-hydrogen) atoms. The Hall–Kier alpha value is -7.24. The zero-order valence-electron chi connectivity index (χ0n) is 28.4. The molecule has 5 nitrogen and oxygen atoms in total. The third kappa shape index (κ3) is 3.96. The molecule has 0 unspecified atom stereocenters. The third-order valence-electron chi connectivity index (χ3n) is 10.9. The first-order chi connectivity index (χ1) is 26.3. The number of nitrogens with zero attached hydrogens (tertiary/aromatic N) is 4. The quantitative estimate of drug-likeness (QED) is 0.187. The maximum atomic E-state index is 6.52. The molecule has 0 bridgehead atoms. The van der Waals surface area contributed by atoms with Crippen LogP contribution in [0.15, 0.2) is 174 Å². The van der Waals surface area contributed by atoms with Crippen LogP contribution in [0.25, 0.3) is 110 Å². The molecule has 5 heteroatoms. The molecule has 0 aliphatic heterocycles. The lowest BCUT2D eigenvalue weighted by molar-refractivity contribution is 0.651. The summed E-state index contributed by atoms with van der Waals surface area (Å²) in [7, 11) is 0. The van der Waals surface area contributed by atoms with Crippen molar-refractivity contribution in [2.75, 3.05) is 0 Å². The lowest BCUT2D eigenvalue weighted by Crippen LogP contribution is -2.03. The predicted molar refractivity (Wildman–Crippen MR) is 218 cm³/mol. The highest BCUT2D eigenvalue weighted by Crippen LogP contribution is 2.43. The van der Waals surface area contributed by atoms with Gasteiger partial charge < -0.3 is 8.98 Å². The Balaban J connectivity index is 1.23. The van der Waals surface area contributed by atoms with Crippen LogP contribution in [0.4, 0.5) is 0 Å². The predicted octanol–water partition coefficient (Wildman–Crippen LogP) is 12.5. The van der Waals surface area contributed by atoms with Crippen LogP contribution in [-0.4, -0.2) is 19.1 Å². The molecule has 0 amide bonds. The van der Waals surface area contributed by atoms with Crippen LogP contribution in [-0.2, 0) is 0 Å². The highest BCUT2D eigenvalue weighted by Gasteiger charge is 2.24. The van der Waals surface area contributed by atoms with Crippen LogP contribution in [0.2, 0.25) is 0 Å². The number of para-hydroxylation sites is 3. The monoisotopic (exact) mass is 676 g/mol. The van der Waals surface area contributed by atoms with Crippen molar-refractivity contribution in [1.82, 2.24) is 19.1 Å². The zero-order valence-corrected chi connectivity index (χ0v) is 28.4. The Morgan fingerprint density at radius 1 is 0.415 bits per heavy atom. The van der Waals surface area contributed by atoms with Crippen molar-refractivity contribution in [3.63, 3.8) is 0 Å². The summed E-state index contributed by atoms with van der Waals surface area (Å²) in [6, 6.07) is 60.2. The molecule has 0 saturated heterocycles. The highest BCUT2D eigenvalue weighted by molar-refractivity contribution is 6.26. The van der Waals surface area contributed by atoms with Gasteiger partial charge in [-0.25, -0.2) is 4.98 Å². The second-order valence-corrected chi connectivity index (χ2v) is 13.8. The number of rotatable bonds is 3. The molecule has 4 heterocycles. The van der Waals surface area contributed by atoms with E-state index in [0.29, 0.717) is 11.7 Å². The Bertz CT molecular complexity index is 3470. The van der Waals surface area contributed by atoms with Gasteiger partial charge in [0.25, 0.3) is 0 Å². The van der Waals surface area contributed by atoms with Crippen molar-refractivity contribution in [3.05, 3.63) is 170 Å². The second-order valence-electron chi connectivity index (χ2n) is 13.8. The van der Waals surface area contributed by atoms with Crippen molar-refractivity contribution in [3.8, 4) is 22.9 Å². The largest absolute Gasteiger partial charge is 0.437 e. The van der Waals surface area contributed by atoms with Gasteiger partial charge in [0.1, 0.15) is 5.58 Å². The molecule has 0 aliphatic rings. The van der Waals surface area contributed by atoms with E-state index in [-0.39, 0.29) is 0 Å². The van der Waals surface area contributed by atoms with Crippen molar-refractivity contribution in [1.29, 1.82) is 0 Å². The van der Waals surface area contributed by atoms with Crippen molar-refractivity contribution in [2.45, 2.75) is 0 Å². The fourth-order valence-electron chi connectivity index (χ4n) is 8.63. The number of benzene rings is 8. The first-order valence-electron chi connectivity index (χ1n) is 17.9. The normalized spacial score (nSPS) is 12.2. The van der Waals surface area contributed by atoms with Gasteiger partial charge >= 0.3 is 0 Å². The van der Waals surface area contributed by atoms with Gasteiger partial charge in [-0.05, 0) is 52.6 Å². The smallest absolute Gasteiger partial charge is 0.238 e. The van der Waals surface area contributed by atoms with Crippen LogP contribution >= 0.6 is 0 Å². The van der Waals surface area contributed by atoms with Gasteiger partial charge in [-0.1, -0.05) is 133 Å². The standard InChI is InChI=1S/C48H28N4O/c1-2-14-31-28-32(25-24-29(31)12-1)45-44-37-19-7-10-23-42(37)53-47(44)50-48(49-45)52-40-21-9-6-18-36(40)43-41(52)27-26-35-34-17-5-8-20-39(34)51(46(35)43)38-22-11-15-30-13-3-4-16-33(30)38/h1-28H. The minimum Gasteiger partial charge on any atom is -0.437 e. The summed E-state index contributed by atoms with van der Waals surface area (Å²) < 4.78 is 11.2. The van der Waals surface area contributed by atoms with E-state index < -0.39 is 0 Å². The maximum Gasteiger partial charge on any atom is 0.238 e. The molecule has 246 valence electrons. The van der Waals surface area contributed by atoms with Gasteiger partial charge in [0.05, 0.1) is 38.8 Å². The van der Waals surface area contributed by atoms with Crippen LogP contribution in [0.3, 0.4) is 0 Å². The van der Waals surface area contributed by atoms with Gasteiger partial charge in [-0.15, -0.1) is 0 Å². The van der Waals surface area contributed by atoms with Crippen molar-refractivity contribution in [2.24, 2.45) is 0 Å². The molecule has 0 saturated carbocycles. The van der Waals surface area contributed by atoms with E-state index in [4.69, 9.17) is 14.4 Å². The number of aromatic nitrogens is 4. The molecule has 4 aromatic heterocycles. The molecule has 0 aliphatic carbocycles. The number of furan rings is 1. The minimum absolute atomic E-state index is 0.566. The zero-order chi connectivity index (χ0) is 34.6. The Morgan fingerprint density at radius 2 is 1.09 bits per heavy atom. The first-order valence-corrected chi connectivity index (χ1v) is 17.9. The summed E-state index contributed by atoms with van der Waals surface area (Å²) in [5, 5.41) is 11.4. The summed E-state index contributed by atoms with van der Waals surface area (Å²) in [4.78, 5) is 10.7. The van der Waals surface area contributed by atoms with E-state index in [1.54, 1.807) is 0 Å². The molecule has 0 N–H and O–H groups in total. The van der Waals surface area contributed by atoms with E-state index in [9.17, 15) is 0 Å². The summed E-state index contributed by atoms with van der Waals surface area (Å²) in [6.45, 7) is 0. The molecule has 0 atom stereocenters. The fraction of sp³-hybridized carbons (Fsp3) is 0. The van der Waals surface area contributed by atoms with Crippen LogP contribution in [0.1, 0.15) is 0 Å². The Morgan fingerprint density at radius 3 is 1.96 bits per heavy atom. The van der Waals surface area contributed by atoms with E-state index in [1.165, 1.54) is 32.4 Å². The molecular formula is C48H28N4O. The van der Waals surface area contributed by atoms with Gasteiger partial charge in [-0.2, -0.15) is 4.98 Å². The van der Waals surface area contributed by atoms with E-state index >= 15 is 0 Å². The SMILES string of the molecule is c1ccc2cc(-c3nc(-n4c5ccccc5c5c4ccc4c6ccccc6n(-c6cccc7ccccc67)c45)nc4oc5ccccc5c34)ccc2c1. The summed E-state index contributed by atoms with van der Waals surface area (Å²) in [6.07, 6.45) is 0. The first kappa shape index (κ1) is 28.5.